The van der Waals surface area contributed by atoms with Crippen molar-refractivity contribution in [1.29, 1.82) is 0 Å². The van der Waals surface area contributed by atoms with Crippen molar-refractivity contribution < 1.29 is 9.18 Å². The van der Waals surface area contributed by atoms with Crippen molar-refractivity contribution in [1.82, 2.24) is 29.4 Å². The minimum atomic E-state index is -0.331. The van der Waals surface area contributed by atoms with Crippen LogP contribution in [-0.4, -0.2) is 48.4 Å². The molecule has 2 aliphatic rings. The van der Waals surface area contributed by atoms with Gasteiger partial charge in [-0.15, -0.1) is 0 Å². The minimum Gasteiger partial charge on any atom is -0.337 e. The van der Waals surface area contributed by atoms with Crippen LogP contribution < -0.4 is 0 Å². The molecule has 0 bridgehead atoms. The molecule has 1 N–H and O–H groups in total. The first kappa shape index (κ1) is 19.2. The van der Waals surface area contributed by atoms with Crippen LogP contribution >= 0.6 is 12.2 Å². The quantitative estimate of drug-likeness (QED) is 0.653. The van der Waals surface area contributed by atoms with E-state index in [-0.39, 0.29) is 17.6 Å². The summed E-state index contributed by atoms with van der Waals surface area (Å²) < 4.78 is 18.5. The molecule has 1 aromatic carbocycles. The second-order valence-electron chi connectivity index (χ2n) is 8.00. The molecule has 0 spiro atoms. The number of aromatic nitrogens is 5. The molecule has 0 radical (unpaired) electrons. The third kappa shape index (κ3) is 3.08. The zero-order valence-electron chi connectivity index (χ0n) is 16.8. The fraction of sp³-hybridized carbons (Fsp3) is 0.429. The number of rotatable bonds is 3. The number of piperidine rings is 1. The molecular formula is C21H23FN6OS. The van der Waals surface area contributed by atoms with Crippen molar-refractivity contribution in [2.75, 3.05) is 13.1 Å². The van der Waals surface area contributed by atoms with E-state index in [1.807, 2.05) is 16.5 Å². The van der Waals surface area contributed by atoms with Crippen LogP contribution in [0.15, 0.2) is 24.3 Å². The minimum absolute atomic E-state index is 0.0583. The van der Waals surface area contributed by atoms with Crippen LogP contribution in [0.4, 0.5) is 4.39 Å². The molecule has 0 saturated carbocycles. The molecule has 2 aromatic heterocycles. The molecule has 3 aromatic rings. The second-order valence-corrected chi connectivity index (χ2v) is 8.39. The van der Waals surface area contributed by atoms with Gasteiger partial charge in [0.25, 0.3) is 5.91 Å². The highest BCUT2D eigenvalue weighted by atomic mass is 32.1. The highest BCUT2D eigenvalue weighted by Crippen LogP contribution is 2.31. The number of carbonyl (C=O) groups excluding carboxylic acids is 1. The Hall–Kier alpha value is -2.81. The molecule has 1 saturated heterocycles. The van der Waals surface area contributed by atoms with E-state index in [1.165, 1.54) is 6.07 Å². The predicted molar refractivity (Wildman–Crippen MR) is 112 cm³/mol. The van der Waals surface area contributed by atoms with Crippen molar-refractivity contribution >= 4 is 18.1 Å². The zero-order chi connectivity index (χ0) is 20.8. The highest BCUT2D eigenvalue weighted by Gasteiger charge is 2.33. The number of fused-ring (bicyclic) bond motifs is 1. The Morgan fingerprint density at radius 3 is 2.70 bits per heavy atom. The van der Waals surface area contributed by atoms with E-state index >= 15 is 0 Å². The van der Waals surface area contributed by atoms with Gasteiger partial charge in [-0.3, -0.25) is 9.89 Å². The molecule has 0 unspecified atom stereocenters. The normalized spacial score (nSPS) is 16.8. The van der Waals surface area contributed by atoms with Gasteiger partial charge in [-0.1, -0.05) is 12.1 Å². The monoisotopic (exact) mass is 426 g/mol. The van der Waals surface area contributed by atoms with Crippen molar-refractivity contribution in [2.45, 2.75) is 38.0 Å². The first-order valence-electron chi connectivity index (χ1n) is 10.3. The Morgan fingerprint density at radius 1 is 1.23 bits per heavy atom. The summed E-state index contributed by atoms with van der Waals surface area (Å²) in [5.74, 6) is 0.824. The summed E-state index contributed by atoms with van der Waals surface area (Å²) in [6, 6.07) is 6.58. The Bertz CT molecular complexity index is 1170. The fourth-order valence-electron chi connectivity index (χ4n) is 4.65. The molecule has 1 aliphatic heterocycles. The highest BCUT2D eigenvalue weighted by molar-refractivity contribution is 7.71. The number of benzene rings is 1. The van der Waals surface area contributed by atoms with E-state index in [0.29, 0.717) is 29.2 Å². The van der Waals surface area contributed by atoms with Gasteiger partial charge in [0.05, 0.1) is 0 Å². The number of H-pyrrole nitrogens is 1. The molecule has 3 heterocycles. The number of carbonyl (C=O) groups is 1. The molecule has 5 rings (SSSR count). The Labute approximate surface area is 178 Å². The second kappa shape index (κ2) is 7.46. The number of aromatic amines is 1. The van der Waals surface area contributed by atoms with Gasteiger partial charge in [0.15, 0.2) is 10.5 Å². The number of hydrogen-bond donors (Lipinski definition) is 1. The summed E-state index contributed by atoms with van der Waals surface area (Å²) in [5, 5.41) is 11.8. The molecule has 30 heavy (non-hydrogen) atoms. The van der Waals surface area contributed by atoms with Crippen LogP contribution in [0.5, 0.6) is 0 Å². The van der Waals surface area contributed by atoms with Gasteiger partial charge in [0, 0.05) is 37.3 Å². The average Bonchev–Trinajstić information content (AvgIpc) is 3.45. The van der Waals surface area contributed by atoms with Gasteiger partial charge in [-0.05, 0) is 56.5 Å². The number of nitrogens with zero attached hydrogens (tertiary/aromatic N) is 5. The van der Waals surface area contributed by atoms with Gasteiger partial charge >= 0.3 is 0 Å². The summed E-state index contributed by atoms with van der Waals surface area (Å²) >= 11 is 5.21. The van der Waals surface area contributed by atoms with E-state index in [4.69, 9.17) is 12.2 Å². The Balaban J connectivity index is 1.39. The fourth-order valence-corrected chi connectivity index (χ4v) is 4.79. The molecule has 1 amide bonds. The summed E-state index contributed by atoms with van der Waals surface area (Å²) in [4.78, 5) is 15.2. The molecule has 9 heteroatoms. The lowest BCUT2D eigenvalue weighted by atomic mass is 9.95. The lowest BCUT2D eigenvalue weighted by Crippen LogP contribution is -2.39. The molecular weight excluding hydrogens is 403 g/mol. The van der Waals surface area contributed by atoms with Gasteiger partial charge < -0.3 is 9.47 Å². The van der Waals surface area contributed by atoms with Crippen molar-refractivity contribution in [3.05, 3.63) is 57.6 Å². The summed E-state index contributed by atoms with van der Waals surface area (Å²) in [5.41, 5.74) is 2.81. The van der Waals surface area contributed by atoms with Crippen molar-refractivity contribution in [3.63, 3.8) is 0 Å². The molecule has 0 atom stereocenters. The first-order chi connectivity index (χ1) is 14.5. The van der Waals surface area contributed by atoms with Crippen LogP contribution in [-0.2, 0) is 19.9 Å². The van der Waals surface area contributed by atoms with Crippen LogP contribution in [0.2, 0.25) is 0 Å². The average molecular weight is 427 g/mol. The smallest absolute Gasteiger partial charge is 0.274 e. The number of amides is 1. The van der Waals surface area contributed by atoms with E-state index < -0.39 is 0 Å². The SMILES string of the molecule is Cn1c(C2CCN(C(=O)c3nn(-c4ccccc4F)c4c3CCC4)CC2)n[nH]c1=S. The van der Waals surface area contributed by atoms with Crippen molar-refractivity contribution in [2.24, 2.45) is 7.05 Å². The molecule has 7 nitrogen and oxygen atoms in total. The topological polar surface area (TPSA) is 71.7 Å². The molecule has 1 fully saturated rings. The van der Waals surface area contributed by atoms with Gasteiger partial charge in [-0.2, -0.15) is 10.2 Å². The third-order valence-electron chi connectivity index (χ3n) is 6.28. The lowest BCUT2D eigenvalue weighted by molar-refractivity contribution is 0.0703. The van der Waals surface area contributed by atoms with Crippen LogP contribution in [0, 0.1) is 10.6 Å². The van der Waals surface area contributed by atoms with Crippen molar-refractivity contribution in [3.8, 4) is 5.69 Å². The first-order valence-corrected chi connectivity index (χ1v) is 10.7. The number of nitrogens with one attached hydrogen (secondary N) is 1. The standard InChI is InChI=1S/C21H23FN6OS/c1-26-19(23-24-21(26)30)13-9-11-27(12-10-13)20(29)18-14-5-4-8-16(14)28(25-18)17-7-3-2-6-15(17)22/h2-3,6-7,13H,4-5,8-12H2,1H3,(H,24,30). The molecule has 156 valence electrons. The maximum atomic E-state index is 14.4. The predicted octanol–water partition coefficient (Wildman–Crippen LogP) is 3.31. The maximum absolute atomic E-state index is 14.4. The van der Waals surface area contributed by atoms with E-state index in [1.54, 1.807) is 22.9 Å². The van der Waals surface area contributed by atoms with Crippen LogP contribution in [0.25, 0.3) is 5.69 Å². The van der Waals surface area contributed by atoms with E-state index in [0.717, 1.165) is 49.2 Å². The number of para-hydroxylation sites is 1. The maximum Gasteiger partial charge on any atom is 0.274 e. The number of hydrogen-bond acceptors (Lipinski definition) is 4. The molecule has 1 aliphatic carbocycles. The van der Waals surface area contributed by atoms with Crippen LogP contribution in [0.3, 0.4) is 0 Å². The number of halogens is 1. The van der Waals surface area contributed by atoms with Gasteiger partial charge in [-0.25, -0.2) is 9.07 Å². The van der Waals surface area contributed by atoms with Gasteiger partial charge in [0.1, 0.15) is 17.3 Å². The summed E-state index contributed by atoms with van der Waals surface area (Å²) in [6.45, 7) is 1.29. The lowest BCUT2D eigenvalue weighted by Gasteiger charge is -2.31. The van der Waals surface area contributed by atoms with Gasteiger partial charge in [0.2, 0.25) is 0 Å². The largest absolute Gasteiger partial charge is 0.337 e. The van der Waals surface area contributed by atoms with E-state index in [9.17, 15) is 9.18 Å². The number of likely N-dealkylation sites (tertiary alicyclic amines) is 1. The summed E-state index contributed by atoms with van der Waals surface area (Å²) in [7, 11) is 1.91. The van der Waals surface area contributed by atoms with E-state index in [2.05, 4.69) is 15.3 Å². The zero-order valence-corrected chi connectivity index (χ0v) is 17.6. The Morgan fingerprint density at radius 2 is 2.00 bits per heavy atom. The third-order valence-corrected chi connectivity index (χ3v) is 6.64. The Kier molecular flexibility index (Phi) is 4.77. The summed E-state index contributed by atoms with van der Waals surface area (Å²) in [6.07, 6.45) is 4.24. The van der Waals surface area contributed by atoms with Crippen LogP contribution in [0.1, 0.15) is 52.8 Å².